The summed E-state index contributed by atoms with van der Waals surface area (Å²) in [6.45, 7) is 2.24. The summed E-state index contributed by atoms with van der Waals surface area (Å²) in [5.74, 6) is -1.75. The van der Waals surface area contributed by atoms with E-state index in [2.05, 4.69) is 0 Å². The third kappa shape index (κ3) is 4.31. The lowest BCUT2D eigenvalue weighted by molar-refractivity contribution is -0.151. The summed E-state index contributed by atoms with van der Waals surface area (Å²) in [4.78, 5) is 24.9. The Balaban J connectivity index is 2.02. The van der Waals surface area contributed by atoms with E-state index in [4.69, 9.17) is 0 Å². The fourth-order valence-corrected chi connectivity index (χ4v) is 3.95. The lowest BCUT2D eigenvalue weighted by atomic mass is 10.0. The Hall–Kier alpha value is -1.89. The van der Waals surface area contributed by atoms with Gasteiger partial charge in [-0.3, -0.25) is 4.79 Å². The van der Waals surface area contributed by atoms with E-state index in [1.807, 2.05) is 6.92 Å². The molecule has 0 radical (unpaired) electrons. The van der Waals surface area contributed by atoms with Crippen LogP contribution in [0, 0.1) is 6.92 Å². The van der Waals surface area contributed by atoms with Gasteiger partial charge < -0.3 is 10.0 Å². The largest absolute Gasteiger partial charge is 0.480 e. The first kappa shape index (κ1) is 17.5. The van der Waals surface area contributed by atoms with E-state index in [0.717, 1.165) is 18.4 Å². The van der Waals surface area contributed by atoms with E-state index in [1.165, 1.54) is 17.0 Å². The number of aryl methyl sites for hydroxylation is 1. The molecule has 0 spiro atoms. The van der Waals surface area contributed by atoms with Crippen LogP contribution in [0.25, 0.3) is 0 Å². The zero-order valence-corrected chi connectivity index (χ0v) is 13.9. The Morgan fingerprint density at radius 2 is 1.87 bits per heavy atom. The molecule has 23 heavy (non-hydrogen) atoms. The van der Waals surface area contributed by atoms with Gasteiger partial charge in [-0.25, -0.2) is 13.2 Å². The van der Waals surface area contributed by atoms with Crippen LogP contribution >= 0.6 is 0 Å². The molecule has 1 amide bonds. The normalized spacial score (nSPS) is 18.7. The van der Waals surface area contributed by atoms with Crippen molar-refractivity contribution >= 4 is 21.7 Å². The molecule has 0 aliphatic carbocycles. The number of carbonyl (C=O) groups excluding carboxylic acids is 1. The van der Waals surface area contributed by atoms with Gasteiger partial charge in [0.15, 0.2) is 9.84 Å². The summed E-state index contributed by atoms with van der Waals surface area (Å²) < 4.78 is 24.5. The summed E-state index contributed by atoms with van der Waals surface area (Å²) in [7, 11) is -3.54. The van der Waals surface area contributed by atoms with Gasteiger partial charge in [0.1, 0.15) is 6.04 Å². The first-order valence-electron chi connectivity index (χ1n) is 7.63. The summed E-state index contributed by atoms with van der Waals surface area (Å²) in [6, 6.07) is 5.63. The standard InChI is InChI=1S/C16H21NO5S/c1-12-5-7-13(8-6-12)23(21,22)11-9-15(18)17-10-3-2-4-14(17)16(19)20/h5-8,14H,2-4,9-11H2,1H3,(H,19,20). The molecule has 1 fully saturated rings. The van der Waals surface area contributed by atoms with Crippen LogP contribution in [0.2, 0.25) is 0 Å². The van der Waals surface area contributed by atoms with Crippen molar-refractivity contribution in [2.45, 2.75) is 43.5 Å². The predicted octanol–water partition coefficient (Wildman–Crippen LogP) is 1.62. The molecule has 1 saturated heterocycles. The molecule has 1 aliphatic heterocycles. The highest BCUT2D eigenvalue weighted by molar-refractivity contribution is 7.91. The number of piperidine rings is 1. The van der Waals surface area contributed by atoms with Gasteiger partial charge in [-0.05, 0) is 38.3 Å². The molecule has 7 heteroatoms. The minimum Gasteiger partial charge on any atom is -0.480 e. The minimum absolute atomic E-state index is 0.185. The summed E-state index contributed by atoms with van der Waals surface area (Å²) in [5.41, 5.74) is 0.956. The number of amides is 1. The molecule has 0 aromatic heterocycles. The van der Waals surface area contributed by atoms with Crippen LogP contribution < -0.4 is 0 Å². The monoisotopic (exact) mass is 339 g/mol. The van der Waals surface area contributed by atoms with Gasteiger partial charge in [0, 0.05) is 13.0 Å². The molecule has 126 valence electrons. The van der Waals surface area contributed by atoms with Crippen molar-refractivity contribution in [3.8, 4) is 0 Å². The van der Waals surface area contributed by atoms with Gasteiger partial charge >= 0.3 is 5.97 Å². The van der Waals surface area contributed by atoms with E-state index in [1.54, 1.807) is 12.1 Å². The summed E-state index contributed by atoms with van der Waals surface area (Å²) in [6.07, 6.45) is 1.74. The second-order valence-electron chi connectivity index (χ2n) is 5.82. The molecule has 0 saturated carbocycles. The highest BCUT2D eigenvalue weighted by Gasteiger charge is 2.32. The van der Waals surface area contributed by atoms with Crippen molar-refractivity contribution in [3.63, 3.8) is 0 Å². The third-order valence-corrected chi connectivity index (χ3v) is 5.80. The maximum absolute atomic E-state index is 12.3. The Morgan fingerprint density at radius 3 is 2.48 bits per heavy atom. The molecule has 0 bridgehead atoms. The zero-order valence-electron chi connectivity index (χ0n) is 13.1. The number of rotatable bonds is 5. The van der Waals surface area contributed by atoms with Crippen LogP contribution in [0.15, 0.2) is 29.2 Å². The quantitative estimate of drug-likeness (QED) is 0.880. The maximum atomic E-state index is 12.3. The number of hydrogen-bond acceptors (Lipinski definition) is 4. The smallest absolute Gasteiger partial charge is 0.326 e. The van der Waals surface area contributed by atoms with Gasteiger partial charge in [-0.2, -0.15) is 0 Å². The van der Waals surface area contributed by atoms with Crippen molar-refractivity contribution in [2.24, 2.45) is 0 Å². The number of carboxylic acid groups (broad SMARTS) is 1. The number of hydrogen-bond donors (Lipinski definition) is 1. The van der Waals surface area contributed by atoms with E-state index in [0.29, 0.717) is 13.0 Å². The number of aliphatic carboxylic acids is 1. The molecule has 1 aromatic carbocycles. The van der Waals surface area contributed by atoms with Gasteiger partial charge in [0.2, 0.25) is 5.91 Å². The van der Waals surface area contributed by atoms with Crippen molar-refractivity contribution in [1.29, 1.82) is 0 Å². The Bertz CT molecular complexity index is 681. The number of benzene rings is 1. The van der Waals surface area contributed by atoms with Gasteiger partial charge in [-0.1, -0.05) is 17.7 Å². The van der Waals surface area contributed by atoms with Gasteiger partial charge in [0.25, 0.3) is 0 Å². The molecule has 1 aliphatic rings. The predicted molar refractivity (Wildman–Crippen MR) is 84.8 cm³/mol. The van der Waals surface area contributed by atoms with Crippen molar-refractivity contribution in [3.05, 3.63) is 29.8 Å². The molecule has 1 heterocycles. The molecule has 1 unspecified atom stereocenters. The average Bonchev–Trinajstić information content (AvgIpc) is 2.53. The molecule has 2 rings (SSSR count). The first-order chi connectivity index (χ1) is 10.8. The molecular weight excluding hydrogens is 318 g/mol. The van der Waals surface area contributed by atoms with Crippen LogP contribution in [0.5, 0.6) is 0 Å². The van der Waals surface area contributed by atoms with Crippen LogP contribution in [0.4, 0.5) is 0 Å². The fraction of sp³-hybridized carbons (Fsp3) is 0.500. The van der Waals surface area contributed by atoms with Crippen LogP contribution in [0.1, 0.15) is 31.2 Å². The maximum Gasteiger partial charge on any atom is 0.326 e. The minimum atomic E-state index is -3.54. The fourth-order valence-electron chi connectivity index (χ4n) is 2.72. The molecule has 6 nitrogen and oxygen atoms in total. The molecule has 1 N–H and O–H groups in total. The van der Waals surface area contributed by atoms with Gasteiger partial charge in [-0.15, -0.1) is 0 Å². The second-order valence-corrected chi connectivity index (χ2v) is 7.93. The van der Waals surface area contributed by atoms with Crippen molar-refractivity contribution in [1.82, 2.24) is 4.90 Å². The van der Waals surface area contributed by atoms with E-state index >= 15 is 0 Å². The average molecular weight is 339 g/mol. The van der Waals surface area contributed by atoms with Crippen LogP contribution in [0.3, 0.4) is 0 Å². The van der Waals surface area contributed by atoms with E-state index in [-0.39, 0.29) is 17.1 Å². The zero-order chi connectivity index (χ0) is 17.0. The Kier molecular flexibility index (Phi) is 5.41. The molecule has 1 atom stereocenters. The SMILES string of the molecule is Cc1ccc(S(=O)(=O)CCC(=O)N2CCCCC2C(=O)O)cc1. The van der Waals surface area contributed by atoms with Crippen LogP contribution in [-0.4, -0.2) is 48.6 Å². The number of sulfone groups is 1. The Labute approximate surface area is 136 Å². The second kappa shape index (κ2) is 7.12. The lowest BCUT2D eigenvalue weighted by Gasteiger charge is -2.33. The number of carboxylic acids is 1. The summed E-state index contributed by atoms with van der Waals surface area (Å²) in [5, 5.41) is 9.18. The molecule has 1 aromatic rings. The molecular formula is C16H21NO5S. The van der Waals surface area contributed by atoms with Gasteiger partial charge in [0.05, 0.1) is 10.6 Å². The number of likely N-dealkylation sites (tertiary alicyclic amines) is 1. The lowest BCUT2D eigenvalue weighted by Crippen LogP contribution is -2.48. The Morgan fingerprint density at radius 1 is 1.22 bits per heavy atom. The number of nitrogens with zero attached hydrogens (tertiary/aromatic N) is 1. The van der Waals surface area contributed by atoms with Crippen molar-refractivity contribution < 1.29 is 23.1 Å². The highest BCUT2D eigenvalue weighted by Crippen LogP contribution is 2.19. The van der Waals surface area contributed by atoms with Crippen molar-refractivity contribution in [2.75, 3.05) is 12.3 Å². The third-order valence-electron chi connectivity index (χ3n) is 4.07. The number of carbonyl (C=O) groups is 2. The highest BCUT2D eigenvalue weighted by atomic mass is 32.2. The summed E-state index contributed by atoms with van der Waals surface area (Å²) >= 11 is 0. The van der Waals surface area contributed by atoms with E-state index in [9.17, 15) is 23.1 Å². The first-order valence-corrected chi connectivity index (χ1v) is 9.28. The topological polar surface area (TPSA) is 91.8 Å². The van der Waals surface area contributed by atoms with Crippen LogP contribution in [-0.2, 0) is 19.4 Å². The van der Waals surface area contributed by atoms with E-state index < -0.39 is 27.8 Å².